The summed E-state index contributed by atoms with van der Waals surface area (Å²) in [5, 5.41) is 15.8. The molecule has 1 amide bonds. The molecule has 1 aromatic rings. The molecule has 2 N–H and O–H groups in total. The predicted molar refractivity (Wildman–Crippen MR) is 68.3 cm³/mol. The van der Waals surface area contributed by atoms with Crippen LogP contribution in [0.4, 0.5) is 0 Å². The van der Waals surface area contributed by atoms with Crippen molar-refractivity contribution in [2.24, 2.45) is 11.8 Å². The minimum absolute atomic E-state index is 0.0518. The number of carbonyl (C=O) groups is 2. The van der Waals surface area contributed by atoms with E-state index in [1.165, 1.54) is 0 Å². The number of nitrogens with zero attached hydrogens (tertiary/aromatic N) is 2. The SMILES string of the molecule is O=C(Cn1cccn1)NCC1CCC(C(=O)O)CC1. The van der Waals surface area contributed by atoms with Crippen molar-refractivity contribution in [3.63, 3.8) is 0 Å². The Morgan fingerprint density at radius 1 is 1.32 bits per heavy atom. The van der Waals surface area contributed by atoms with Crippen LogP contribution in [-0.2, 0) is 16.1 Å². The van der Waals surface area contributed by atoms with E-state index < -0.39 is 5.97 Å². The van der Waals surface area contributed by atoms with Crippen LogP contribution in [0.25, 0.3) is 0 Å². The van der Waals surface area contributed by atoms with E-state index in [-0.39, 0.29) is 18.4 Å². The maximum absolute atomic E-state index is 11.7. The Balaban J connectivity index is 1.66. The number of hydrogen-bond acceptors (Lipinski definition) is 3. The molecule has 0 spiro atoms. The lowest BCUT2D eigenvalue weighted by molar-refractivity contribution is -0.143. The van der Waals surface area contributed by atoms with Crippen LogP contribution in [0, 0.1) is 11.8 Å². The number of carboxylic acid groups (broad SMARTS) is 1. The van der Waals surface area contributed by atoms with Gasteiger partial charge in [-0.15, -0.1) is 0 Å². The number of carbonyl (C=O) groups excluding carboxylic acids is 1. The first-order valence-corrected chi connectivity index (χ1v) is 6.62. The molecule has 1 aliphatic rings. The summed E-state index contributed by atoms with van der Waals surface area (Å²) in [7, 11) is 0. The van der Waals surface area contributed by atoms with Crippen molar-refractivity contribution in [2.75, 3.05) is 6.54 Å². The Morgan fingerprint density at radius 3 is 2.63 bits per heavy atom. The lowest BCUT2D eigenvalue weighted by Gasteiger charge is -2.26. The van der Waals surface area contributed by atoms with Crippen molar-refractivity contribution in [3.05, 3.63) is 18.5 Å². The van der Waals surface area contributed by atoms with Crippen molar-refractivity contribution in [1.29, 1.82) is 0 Å². The molecule has 19 heavy (non-hydrogen) atoms. The number of amides is 1. The quantitative estimate of drug-likeness (QED) is 0.828. The first-order chi connectivity index (χ1) is 9.15. The molecule has 1 aliphatic carbocycles. The van der Waals surface area contributed by atoms with Crippen LogP contribution in [0.2, 0.25) is 0 Å². The van der Waals surface area contributed by atoms with Gasteiger partial charge in [-0.2, -0.15) is 5.10 Å². The van der Waals surface area contributed by atoms with E-state index in [0.717, 1.165) is 25.7 Å². The third kappa shape index (κ3) is 4.08. The second-order valence-corrected chi connectivity index (χ2v) is 5.06. The third-order valence-electron chi connectivity index (χ3n) is 3.65. The Labute approximate surface area is 111 Å². The van der Waals surface area contributed by atoms with Gasteiger partial charge in [0.15, 0.2) is 0 Å². The fourth-order valence-corrected chi connectivity index (χ4v) is 2.47. The highest BCUT2D eigenvalue weighted by Crippen LogP contribution is 2.28. The molecule has 0 atom stereocenters. The molecule has 1 saturated carbocycles. The first-order valence-electron chi connectivity index (χ1n) is 6.62. The first kappa shape index (κ1) is 13.6. The van der Waals surface area contributed by atoms with E-state index in [4.69, 9.17) is 5.11 Å². The number of carboxylic acids is 1. The van der Waals surface area contributed by atoms with Crippen molar-refractivity contribution in [3.8, 4) is 0 Å². The Hall–Kier alpha value is -1.85. The van der Waals surface area contributed by atoms with Gasteiger partial charge in [-0.25, -0.2) is 0 Å². The van der Waals surface area contributed by atoms with Gasteiger partial charge >= 0.3 is 5.97 Å². The fraction of sp³-hybridized carbons (Fsp3) is 0.615. The van der Waals surface area contributed by atoms with Crippen molar-refractivity contribution in [2.45, 2.75) is 32.2 Å². The van der Waals surface area contributed by atoms with E-state index in [2.05, 4.69) is 10.4 Å². The molecule has 1 heterocycles. The summed E-state index contributed by atoms with van der Waals surface area (Å²) in [5.74, 6) is -0.543. The molecule has 0 bridgehead atoms. The molecule has 1 fully saturated rings. The van der Waals surface area contributed by atoms with Crippen LogP contribution < -0.4 is 5.32 Å². The molecule has 104 valence electrons. The summed E-state index contributed by atoms with van der Waals surface area (Å²) < 4.78 is 1.58. The molecule has 0 unspecified atom stereocenters. The fourth-order valence-electron chi connectivity index (χ4n) is 2.47. The van der Waals surface area contributed by atoms with Gasteiger partial charge < -0.3 is 10.4 Å². The van der Waals surface area contributed by atoms with E-state index in [0.29, 0.717) is 12.5 Å². The summed E-state index contributed by atoms with van der Waals surface area (Å²) in [6.07, 6.45) is 6.57. The summed E-state index contributed by atoms with van der Waals surface area (Å²) in [4.78, 5) is 22.5. The summed E-state index contributed by atoms with van der Waals surface area (Å²) in [6.45, 7) is 0.865. The van der Waals surface area contributed by atoms with Gasteiger partial charge in [-0.3, -0.25) is 14.3 Å². The van der Waals surface area contributed by atoms with E-state index in [1.54, 1.807) is 23.1 Å². The number of aromatic nitrogens is 2. The van der Waals surface area contributed by atoms with Crippen molar-refractivity contribution >= 4 is 11.9 Å². The van der Waals surface area contributed by atoms with Crippen LogP contribution in [-0.4, -0.2) is 33.3 Å². The molecule has 2 rings (SSSR count). The van der Waals surface area contributed by atoms with Gasteiger partial charge in [0.2, 0.25) is 5.91 Å². The highest BCUT2D eigenvalue weighted by atomic mass is 16.4. The van der Waals surface area contributed by atoms with Gasteiger partial charge in [0.05, 0.1) is 5.92 Å². The van der Waals surface area contributed by atoms with E-state index in [9.17, 15) is 9.59 Å². The van der Waals surface area contributed by atoms with Crippen LogP contribution in [0.3, 0.4) is 0 Å². The second kappa shape index (κ2) is 6.36. The maximum atomic E-state index is 11.7. The zero-order valence-electron chi connectivity index (χ0n) is 10.8. The lowest BCUT2D eigenvalue weighted by atomic mass is 9.82. The van der Waals surface area contributed by atoms with Gasteiger partial charge in [-0.05, 0) is 37.7 Å². The third-order valence-corrected chi connectivity index (χ3v) is 3.65. The average molecular weight is 265 g/mol. The van der Waals surface area contributed by atoms with Crippen LogP contribution in [0.5, 0.6) is 0 Å². The number of hydrogen-bond donors (Lipinski definition) is 2. The largest absolute Gasteiger partial charge is 0.481 e. The minimum atomic E-state index is -0.693. The highest BCUT2D eigenvalue weighted by Gasteiger charge is 2.25. The predicted octanol–water partition coefficient (Wildman–Crippen LogP) is 0.890. The van der Waals surface area contributed by atoms with Crippen molar-refractivity contribution < 1.29 is 14.7 Å². The molecule has 0 saturated heterocycles. The van der Waals surface area contributed by atoms with Crippen LogP contribution in [0.15, 0.2) is 18.5 Å². The maximum Gasteiger partial charge on any atom is 0.306 e. The number of nitrogens with one attached hydrogen (secondary N) is 1. The molecular weight excluding hydrogens is 246 g/mol. The topological polar surface area (TPSA) is 84.2 Å². The van der Waals surface area contributed by atoms with E-state index >= 15 is 0 Å². The molecule has 0 aliphatic heterocycles. The molecule has 0 radical (unpaired) electrons. The Bertz CT molecular complexity index is 422. The van der Waals surface area contributed by atoms with Crippen LogP contribution in [0.1, 0.15) is 25.7 Å². The summed E-state index contributed by atoms with van der Waals surface area (Å²) >= 11 is 0. The van der Waals surface area contributed by atoms with Gasteiger partial charge in [0.25, 0.3) is 0 Å². The lowest BCUT2D eigenvalue weighted by Crippen LogP contribution is -2.34. The highest BCUT2D eigenvalue weighted by molar-refractivity contribution is 5.75. The number of aliphatic carboxylic acids is 1. The van der Waals surface area contributed by atoms with Gasteiger partial charge in [0, 0.05) is 18.9 Å². The molecule has 1 aromatic heterocycles. The summed E-state index contributed by atoms with van der Waals surface area (Å²) in [5.41, 5.74) is 0. The monoisotopic (exact) mass is 265 g/mol. The molecule has 6 heteroatoms. The van der Waals surface area contributed by atoms with Gasteiger partial charge in [-0.1, -0.05) is 0 Å². The molecule has 6 nitrogen and oxygen atoms in total. The Kier molecular flexibility index (Phi) is 4.54. The van der Waals surface area contributed by atoms with Crippen LogP contribution >= 0.6 is 0 Å². The molecule has 0 aromatic carbocycles. The zero-order valence-corrected chi connectivity index (χ0v) is 10.8. The second-order valence-electron chi connectivity index (χ2n) is 5.06. The number of rotatable bonds is 5. The van der Waals surface area contributed by atoms with Crippen molar-refractivity contribution in [1.82, 2.24) is 15.1 Å². The minimum Gasteiger partial charge on any atom is -0.481 e. The van der Waals surface area contributed by atoms with Gasteiger partial charge in [0.1, 0.15) is 6.54 Å². The molecular formula is C13H19N3O3. The Morgan fingerprint density at radius 2 is 2.05 bits per heavy atom. The smallest absolute Gasteiger partial charge is 0.306 e. The average Bonchev–Trinajstić information content (AvgIpc) is 2.89. The standard InChI is InChI=1S/C13H19N3O3/c17-12(9-16-7-1-6-15-16)14-8-10-2-4-11(5-3-10)13(18)19/h1,6-7,10-11H,2-5,8-9H2,(H,14,17)(H,18,19). The normalized spacial score (nSPS) is 22.9. The summed E-state index contributed by atoms with van der Waals surface area (Å²) in [6, 6.07) is 1.78. The van der Waals surface area contributed by atoms with E-state index in [1.807, 2.05) is 0 Å². The zero-order chi connectivity index (χ0) is 13.7.